The first-order valence-electron chi connectivity index (χ1n) is 3.98. The van der Waals surface area contributed by atoms with Crippen LogP contribution in [0.5, 0.6) is 0 Å². The van der Waals surface area contributed by atoms with E-state index in [0.717, 1.165) is 5.92 Å². The molecule has 0 rings (SSSR count). The Morgan fingerprint density at radius 2 is 1.90 bits per heavy atom. The fourth-order valence-corrected chi connectivity index (χ4v) is 0.968. The summed E-state index contributed by atoms with van der Waals surface area (Å²) in [5, 5.41) is 0. The second-order valence-electron chi connectivity index (χ2n) is 2.96. The van der Waals surface area contributed by atoms with E-state index < -0.39 is 0 Å². The Balaban J connectivity index is 3.86. The van der Waals surface area contributed by atoms with Gasteiger partial charge in [0.05, 0.1) is 0 Å². The van der Waals surface area contributed by atoms with E-state index in [2.05, 4.69) is 45.9 Å². The van der Waals surface area contributed by atoms with E-state index in [9.17, 15) is 0 Å². The van der Waals surface area contributed by atoms with Crippen molar-refractivity contribution in [3.05, 3.63) is 23.8 Å². The highest BCUT2D eigenvalue weighted by molar-refractivity contribution is 5.17. The molecule has 0 heteroatoms. The molecular formula is C10H18. The Morgan fingerprint density at radius 1 is 1.30 bits per heavy atom. The van der Waals surface area contributed by atoms with Crippen LogP contribution in [0.25, 0.3) is 0 Å². The van der Waals surface area contributed by atoms with Crippen molar-refractivity contribution in [2.45, 2.75) is 34.1 Å². The van der Waals surface area contributed by atoms with E-state index in [1.807, 2.05) is 0 Å². The molecule has 0 aromatic carbocycles. The van der Waals surface area contributed by atoms with Crippen LogP contribution in [0.15, 0.2) is 23.8 Å². The highest BCUT2D eigenvalue weighted by Gasteiger charge is 1.94. The number of hydrogen-bond acceptors (Lipinski definition) is 0. The minimum atomic E-state index is 0.766. The fraction of sp³-hybridized carbons (Fsp3) is 0.600. The molecule has 10 heavy (non-hydrogen) atoms. The largest absolute Gasteiger partial charge is 0.0874 e. The molecule has 0 aliphatic carbocycles. The molecule has 0 heterocycles. The van der Waals surface area contributed by atoms with Crippen molar-refractivity contribution in [2.24, 2.45) is 5.92 Å². The molecular weight excluding hydrogens is 120 g/mol. The highest BCUT2D eigenvalue weighted by Crippen LogP contribution is 2.11. The summed E-state index contributed by atoms with van der Waals surface area (Å²) in [6.07, 6.45) is 7.65. The van der Waals surface area contributed by atoms with E-state index in [4.69, 9.17) is 0 Å². The lowest BCUT2D eigenvalue weighted by Gasteiger charge is -2.03. The molecule has 0 fully saturated rings. The lowest BCUT2D eigenvalue weighted by Crippen LogP contribution is -1.88. The van der Waals surface area contributed by atoms with Crippen molar-refractivity contribution < 1.29 is 0 Å². The van der Waals surface area contributed by atoms with Gasteiger partial charge >= 0.3 is 0 Å². The molecule has 0 aliphatic rings. The molecule has 0 spiro atoms. The summed E-state index contributed by atoms with van der Waals surface area (Å²) in [6, 6.07) is 0. The van der Waals surface area contributed by atoms with E-state index >= 15 is 0 Å². The summed E-state index contributed by atoms with van der Waals surface area (Å²) in [4.78, 5) is 0. The maximum absolute atomic E-state index is 2.24. The number of allylic oxidation sites excluding steroid dienone is 4. The summed E-state index contributed by atoms with van der Waals surface area (Å²) >= 11 is 0. The van der Waals surface area contributed by atoms with E-state index in [1.54, 1.807) is 0 Å². The molecule has 0 radical (unpaired) electrons. The number of hydrogen-bond donors (Lipinski definition) is 0. The Bertz CT molecular complexity index is 127. The summed E-state index contributed by atoms with van der Waals surface area (Å²) in [6.45, 7) is 8.64. The van der Waals surface area contributed by atoms with Gasteiger partial charge in [-0.15, -0.1) is 0 Å². The van der Waals surface area contributed by atoms with E-state index in [1.165, 1.54) is 12.0 Å². The van der Waals surface area contributed by atoms with Crippen molar-refractivity contribution in [3.63, 3.8) is 0 Å². The third-order valence-corrected chi connectivity index (χ3v) is 1.40. The van der Waals surface area contributed by atoms with Gasteiger partial charge in [0.15, 0.2) is 0 Å². The van der Waals surface area contributed by atoms with Crippen molar-refractivity contribution >= 4 is 0 Å². The van der Waals surface area contributed by atoms with Gasteiger partial charge in [-0.25, -0.2) is 0 Å². The third-order valence-electron chi connectivity index (χ3n) is 1.40. The molecule has 0 amide bonds. The highest BCUT2D eigenvalue weighted by atomic mass is 14.0. The summed E-state index contributed by atoms with van der Waals surface area (Å²) in [5.41, 5.74) is 1.44. The predicted molar refractivity (Wildman–Crippen MR) is 48.0 cm³/mol. The monoisotopic (exact) mass is 138 g/mol. The van der Waals surface area contributed by atoms with Crippen LogP contribution < -0.4 is 0 Å². The first kappa shape index (κ1) is 9.48. The second-order valence-corrected chi connectivity index (χ2v) is 2.96. The molecule has 0 saturated heterocycles. The molecule has 0 bridgehead atoms. The lowest BCUT2D eigenvalue weighted by atomic mass is 10.0. The van der Waals surface area contributed by atoms with Gasteiger partial charge in [0.2, 0.25) is 0 Å². The van der Waals surface area contributed by atoms with Crippen LogP contribution in [0.2, 0.25) is 0 Å². The van der Waals surface area contributed by atoms with Gasteiger partial charge in [-0.05, 0) is 26.2 Å². The standard InChI is InChI=1S/C10H18/c1-5-7-10(6-2)8-9(3)4/h5-7,9H,8H2,1-4H3/b7-5-,10-6+. The topological polar surface area (TPSA) is 0 Å². The van der Waals surface area contributed by atoms with Crippen molar-refractivity contribution in [1.82, 2.24) is 0 Å². The van der Waals surface area contributed by atoms with Gasteiger partial charge in [0, 0.05) is 0 Å². The van der Waals surface area contributed by atoms with Gasteiger partial charge in [-0.2, -0.15) is 0 Å². The molecule has 0 aromatic heterocycles. The normalized spacial score (nSPS) is 13.5. The van der Waals surface area contributed by atoms with Crippen molar-refractivity contribution in [2.75, 3.05) is 0 Å². The average molecular weight is 138 g/mol. The fourth-order valence-electron chi connectivity index (χ4n) is 0.968. The van der Waals surface area contributed by atoms with Crippen molar-refractivity contribution in [3.8, 4) is 0 Å². The zero-order chi connectivity index (χ0) is 7.98. The minimum absolute atomic E-state index is 0.766. The van der Waals surface area contributed by atoms with Crippen LogP contribution >= 0.6 is 0 Å². The van der Waals surface area contributed by atoms with Crippen LogP contribution in [0, 0.1) is 5.92 Å². The average Bonchev–Trinajstić information content (AvgIpc) is 1.86. The maximum Gasteiger partial charge on any atom is -0.0259 e. The summed E-state index contributed by atoms with van der Waals surface area (Å²) in [5.74, 6) is 0.766. The number of rotatable bonds is 3. The van der Waals surface area contributed by atoms with Crippen LogP contribution in [0.1, 0.15) is 34.1 Å². The van der Waals surface area contributed by atoms with Gasteiger partial charge in [-0.3, -0.25) is 0 Å². The molecule has 0 N–H and O–H groups in total. The van der Waals surface area contributed by atoms with E-state index in [0.29, 0.717) is 0 Å². The molecule has 0 saturated carbocycles. The maximum atomic E-state index is 2.24. The minimum Gasteiger partial charge on any atom is -0.0874 e. The molecule has 0 aliphatic heterocycles. The Labute approximate surface area is 64.6 Å². The van der Waals surface area contributed by atoms with E-state index in [-0.39, 0.29) is 0 Å². The molecule has 0 aromatic rings. The van der Waals surface area contributed by atoms with Gasteiger partial charge in [0.25, 0.3) is 0 Å². The predicted octanol–water partition coefficient (Wildman–Crippen LogP) is 3.55. The molecule has 0 atom stereocenters. The Morgan fingerprint density at radius 3 is 2.20 bits per heavy atom. The SMILES string of the molecule is C/C=C\C(=C/C)CC(C)C. The second kappa shape index (κ2) is 5.28. The molecule has 0 unspecified atom stereocenters. The molecule has 0 nitrogen and oxygen atoms in total. The first-order valence-corrected chi connectivity index (χ1v) is 3.98. The Kier molecular flexibility index (Phi) is 5.00. The van der Waals surface area contributed by atoms with Crippen LogP contribution in [-0.2, 0) is 0 Å². The van der Waals surface area contributed by atoms with Crippen LogP contribution in [0.3, 0.4) is 0 Å². The quantitative estimate of drug-likeness (QED) is 0.523. The first-order chi connectivity index (χ1) is 4.70. The van der Waals surface area contributed by atoms with Crippen LogP contribution in [-0.4, -0.2) is 0 Å². The molecule has 58 valence electrons. The lowest BCUT2D eigenvalue weighted by molar-refractivity contribution is 0.649. The van der Waals surface area contributed by atoms with Crippen molar-refractivity contribution in [1.29, 1.82) is 0 Å². The van der Waals surface area contributed by atoms with Crippen LogP contribution in [0.4, 0.5) is 0 Å². The van der Waals surface area contributed by atoms with Gasteiger partial charge < -0.3 is 0 Å². The smallest absolute Gasteiger partial charge is 0.0259 e. The summed E-state index contributed by atoms with van der Waals surface area (Å²) in [7, 11) is 0. The summed E-state index contributed by atoms with van der Waals surface area (Å²) < 4.78 is 0. The third kappa shape index (κ3) is 4.37. The van der Waals surface area contributed by atoms with Gasteiger partial charge in [0.1, 0.15) is 0 Å². The van der Waals surface area contributed by atoms with Gasteiger partial charge in [-0.1, -0.05) is 37.6 Å². The zero-order valence-corrected chi connectivity index (χ0v) is 7.52. The Hall–Kier alpha value is -0.520. The zero-order valence-electron chi connectivity index (χ0n) is 7.52.